The highest BCUT2D eigenvalue weighted by molar-refractivity contribution is 4.97. The smallest absolute Gasteiger partial charge is 0.0205 e. The van der Waals surface area contributed by atoms with Crippen molar-refractivity contribution in [1.29, 1.82) is 0 Å². The van der Waals surface area contributed by atoms with Crippen molar-refractivity contribution in [2.24, 2.45) is 11.8 Å². The Morgan fingerprint density at radius 3 is 2.88 bits per heavy atom. The average molecular weight is 110 g/mol. The van der Waals surface area contributed by atoms with Crippen LogP contribution >= 0.6 is 0 Å². The first kappa shape index (κ1) is 5.87. The first-order valence-corrected chi connectivity index (χ1v) is 3.51. The molecule has 0 nitrogen and oxygen atoms in total. The van der Waals surface area contributed by atoms with Gasteiger partial charge in [-0.3, -0.25) is 0 Å². The van der Waals surface area contributed by atoms with Crippen LogP contribution in [0.5, 0.6) is 0 Å². The summed E-state index contributed by atoms with van der Waals surface area (Å²) in [5, 5.41) is 0. The molecule has 0 amide bonds. The van der Waals surface area contributed by atoms with Gasteiger partial charge in [0.25, 0.3) is 0 Å². The lowest BCUT2D eigenvalue weighted by Gasteiger charge is -1.87. The van der Waals surface area contributed by atoms with Gasteiger partial charge in [0.2, 0.25) is 0 Å². The van der Waals surface area contributed by atoms with Crippen LogP contribution in [0.4, 0.5) is 0 Å². The highest BCUT2D eigenvalue weighted by atomic mass is 14.4. The highest BCUT2D eigenvalue weighted by Crippen LogP contribution is 2.42. The van der Waals surface area contributed by atoms with Crippen molar-refractivity contribution in [2.45, 2.75) is 26.2 Å². The van der Waals surface area contributed by atoms with Crippen LogP contribution in [0.1, 0.15) is 26.2 Å². The molecule has 1 unspecified atom stereocenters. The molecule has 0 aromatic carbocycles. The summed E-state index contributed by atoms with van der Waals surface area (Å²) in [5.41, 5.74) is 0. The van der Waals surface area contributed by atoms with Crippen molar-refractivity contribution >= 4 is 0 Å². The second-order valence-corrected chi connectivity index (χ2v) is 2.68. The van der Waals surface area contributed by atoms with Gasteiger partial charge in [-0.25, -0.2) is 0 Å². The van der Waals surface area contributed by atoms with E-state index in [1.807, 2.05) is 0 Å². The predicted molar refractivity (Wildman–Crippen MR) is 36.7 cm³/mol. The number of hydrogen-bond acceptors (Lipinski definition) is 0. The first-order chi connectivity index (χ1) is 3.88. The molecule has 0 radical (unpaired) electrons. The van der Waals surface area contributed by atoms with Gasteiger partial charge in [-0.1, -0.05) is 25.8 Å². The SMILES string of the molecule is C=C[C@@H]1CC1CCC. The van der Waals surface area contributed by atoms with Gasteiger partial charge in [0, 0.05) is 0 Å². The molecule has 0 bridgehead atoms. The standard InChI is InChI=1S/C8H14/c1-3-5-8-6-7(8)4-2/h4,7-8H,2-3,5-6H2,1H3/t7-,8?/m1/s1. The maximum atomic E-state index is 3.76. The normalized spacial score (nSPS) is 34.6. The number of rotatable bonds is 3. The van der Waals surface area contributed by atoms with Crippen LogP contribution in [0.25, 0.3) is 0 Å². The molecular formula is C8H14. The zero-order valence-corrected chi connectivity index (χ0v) is 5.56. The molecule has 0 saturated heterocycles. The fourth-order valence-corrected chi connectivity index (χ4v) is 1.26. The molecule has 1 aliphatic rings. The van der Waals surface area contributed by atoms with Gasteiger partial charge in [0.1, 0.15) is 0 Å². The van der Waals surface area contributed by atoms with Crippen LogP contribution in [-0.2, 0) is 0 Å². The van der Waals surface area contributed by atoms with E-state index in [0.717, 1.165) is 11.8 Å². The van der Waals surface area contributed by atoms with E-state index in [4.69, 9.17) is 0 Å². The monoisotopic (exact) mass is 110 g/mol. The molecule has 1 fully saturated rings. The summed E-state index contributed by atoms with van der Waals surface area (Å²) in [6, 6.07) is 0. The second kappa shape index (κ2) is 2.34. The molecule has 8 heavy (non-hydrogen) atoms. The lowest BCUT2D eigenvalue weighted by molar-refractivity contribution is 0.679. The Kier molecular flexibility index (Phi) is 1.72. The Balaban J connectivity index is 2.07. The van der Waals surface area contributed by atoms with Crippen LogP contribution in [-0.4, -0.2) is 0 Å². The molecule has 1 saturated carbocycles. The Morgan fingerprint density at radius 1 is 1.75 bits per heavy atom. The van der Waals surface area contributed by atoms with E-state index in [1.54, 1.807) is 0 Å². The Labute approximate surface area is 51.6 Å². The van der Waals surface area contributed by atoms with Crippen LogP contribution in [0, 0.1) is 11.8 Å². The molecule has 1 rings (SSSR count). The molecule has 0 heteroatoms. The van der Waals surface area contributed by atoms with Crippen molar-refractivity contribution in [3.8, 4) is 0 Å². The lowest BCUT2D eigenvalue weighted by Crippen LogP contribution is -1.75. The molecule has 0 heterocycles. The molecule has 46 valence electrons. The molecule has 0 spiro atoms. The van der Waals surface area contributed by atoms with Crippen LogP contribution in [0.3, 0.4) is 0 Å². The van der Waals surface area contributed by atoms with Crippen molar-refractivity contribution in [3.05, 3.63) is 12.7 Å². The third-order valence-corrected chi connectivity index (χ3v) is 1.94. The van der Waals surface area contributed by atoms with Gasteiger partial charge >= 0.3 is 0 Å². The highest BCUT2D eigenvalue weighted by Gasteiger charge is 2.32. The van der Waals surface area contributed by atoms with Crippen molar-refractivity contribution in [1.82, 2.24) is 0 Å². The van der Waals surface area contributed by atoms with E-state index in [1.165, 1.54) is 19.3 Å². The van der Waals surface area contributed by atoms with Gasteiger partial charge < -0.3 is 0 Å². The summed E-state index contributed by atoms with van der Waals surface area (Å²) in [6.45, 7) is 6.00. The largest absolute Gasteiger partial charge is 0.103 e. The summed E-state index contributed by atoms with van der Waals surface area (Å²) in [4.78, 5) is 0. The third kappa shape index (κ3) is 1.12. The van der Waals surface area contributed by atoms with Gasteiger partial charge in [-0.05, 0) is 18.3 Å². The molecule has 2 atom stereocenters. The van der Waals surface area contributed by atoms with Crippen LogP contribution in [0.15, 0.2) is 12.7 Å². The van der Waals surface area contributed by atoms with Gasteiger partial charge in [0.15, 0.2) is 0 Å². The van der Waals surface area contributed by atoms with Crippen LogP contribution in [0.2, 0.25) is 0 Å². The van der Waals surface area contributed by atoms with E-state index < -0.39 is 0 Å². The van der Waals surface area contributed by atoms with Gasteiger partial charge in [-0.15, -0.1) is 6.58 Å². The maximum Gasteiger partial charge on any atom is -0.0205 e. The molecule has 0 N–H and O–H groups in total. The molecule has 0 aromatic rings. The van der Waals surface area contributed by atoms with E-state index >= 15 is 0 Å². The number of hydrogen-bond donors (Lipinski definition) is 0. The van der Waals surface area contributed by atoms with Gasteiger partial charge in [-0.2, -0.15) is 0 Å². The minimum atomic E-state index is 0.884. The fourth-order valence-electron chi connectivity index (χ4n) is 1.26. The fraction of sp³-hybridized carbons (Fsp3) is 0.750. The summed E-state index contributed by atoms with van der Waals surface area (Å²) < 4.78 is 0. The Hall–Kier alpha value is -0.260. The molecule has 1 aliphatic carbocycles. The maximum absolute atomic E-state index is 3.76. The molecular weight excluding hydrogens is 96.1 g/mol. The quantitative estimate of drug-likeness (QED) is 0.490. The predicted octanol–water partition coefficient (Wildman–Crippen LogP) is 2.61. The Bertz CT molecular complexity index is 84.0. The van der Waals surface area contributed by atoms with Crippen molar-refractivity contribution < 1.29 is 0 Å². The average Bonchev–Trinajstić information content (AvgIpc) is 2.48. The third-order valence-electron chi connectivity index (χ3n) is 1.94. The molecule has 0 aromatic heterocycles. The zero-order chi connectivity index (χ0) is 5.98. The topological polar surface area (TPSA) is 0 Å². The van der Waals surface area contributed by atoms with Crippen molar-refractivity contribution in [2.75, 3.05) is 0 Å². The molecule has 0 aliphatic heterocycles. The van der Waals surface area contributed by atoms with E-state index in [-0.39, 0.29) is 0 Å². The summed E-state index contributed by atoms with van der Waals surface area (Å²) in [5.74, 6) is 1.90. The second-order valence-electron chi connectivity index (χ2n) is 2.68. The summed E-state index contributed by atoms with van der Waals surface area (Å²) in [6.07, 6.45) is 6.27. The summed E-state index contributed by atoms with van der Waals surface area (Å²) in [7, 11) is 0. The van der Waals surface area contributed by atoms with E-state index in [9.17, 15) is 0 Å². The summed E-state index contributed by atoms with van der Waals surface area (Å²) >= 11 is 0. The van der Waals surface area contributed by atoms with Crippen LogP contribution < -0.4 is 0 Å². The minimum Gasteiger partial charge on any atom is -0.103 e. The first-order valence-electron chi connectivity index (χ1n) is 3.51. The van der Waals surface area contributed by atoms with E-state index in [2.05, 4.69) is 19.6 Å². The van der Waals surface area contributed by atoms with E-state index in [0.29, 0.717) is 0 Å². The number of allylic oxidation sites excluding steroid dienone is 1. The van der Waals surface area contributed by atoms with Gasteiger partial charge in [0.05, 0.1) is 0 Å². The zero-order valence-electron chi connectivity index (χ0n) is 5.56. The lowest BCUT2D eigenvalue weighted by atomic mass is 10.2. The van der Waals surface area contributed by atoms with Crippen molar-refractivity contribution in [3.63, 3.8) is 0 Å². The Morgan fingerprint density at radius 2 is 2.50 bits per heavy atom. The minimum absolute atomic E-state index is 0.884.